The first-order chi connectivity index (χ1) is 28.8. The molecule has 1 aliphatic carbocycles. The van der Waals surface area contributed by atoms with E-state index in [0.717, 1.165) is 33.2 Å². The number of aromatic nitrogens is 3. The van der Waals surface area contributed by atoms with Crippen LogP contribution in [0.1, 0.15) is 22.3 Å². The fourth-order valence-electron chi connectivity index (χ4n) is 9.50. The Bertz CT molecular complexity index is 3230. The Morgan fingerprint density at radius 1 is 0.328 bits per heavy atom. The van der Waals surface area contributed by atoms with Crippen molar-refractivity contribution in [2.75, 3.05) is 0 Å². The molecule has 10 aromatic rings. The quantitative estimate of drug-likeness (QED) is 0.168. The van der Waals surface area contributed by atoms with Gasteiger partial charge in [0.25, 0.3) is 0 Å². The second kappa shape index (κ2) is 13.0. The maximum Gasteiger partial charge on any atom is 0.164 e. The third kappa shape index (κ3) is 4.85. The summed E-state index contributed by atoms with van der Waals surface area (Å²) < 4.78 is 0. The summed E-state index contributed by atoms with van der Waals surface area (Å²) in [5.41, 5.74) is 12.5. The lowest BCUT2D eigenvalue weighted by Crippen LogP contribution is -2.32. The SMILES string of the molecule is c1ccc(-c2nc(-c3ccc4c(ccc5ccccc54)c3)nc(-c3ccccc3-c3cccc4c3Sc3ccccc3C43c4ccccc4-c4ccccc43)n2)cc1. The molecule has 0 atom stereocenters. The second-order valence-electron chi connectivity index (χ2n) is 15.1. The van der Waals surface area contributed by atoms with E-state index >= 15 is 0 Å². The average Bonchev–Trinajstić information content (AvgIpc) is 3.59. The smallest absolute Gasteiger partial charge is 0.164 e. The molecule has 0 N–H and O–H groups in total. The van der Waals surface area contributed by atoms with Crippen LogP contribution < -0.4 is 0 Å². The van der Waals surface area contributed by atoms with E-state index in [1.807, 2.05) is 30.0 Å². The van der Waals surface area contributed by atoms with E-state index in [2.05, 4.69) is 182 Å². The molecule has 0 bridgehead atoms. The molecule has 0 saturated carbocycles. The van der Waals surface area contributed by atoms with Crippen molar-refractivity contribution in [3.63, 3.8) is 0 Å². The van der Waals surface area contributed by atoms with Gasteiger partial charge in [-0.05, 0) is 78.2 Å². The minimum Gasteiger partial charge on any atom is -0.208 e. The molecule has 58 heavy (non-hydrogen) atoms. The van der Waals surface area contributed by atoms with Gasteiger partial charge in [0.2, 0.25) is 0 Å². The van der Waals surface area contributed by atoms with Crippen molar-refractivity contribution in [3.05, 3.63) is 222 Å². The van der Waals surface area contributed by atoms with E-state index in [1.165, 1.54) is 59.3 Å². The summed E-state index contributed by atoms with van der Waals surface area (Å²) in [6.07, 6.45) is 0. The molecule has 4 heteroatoms. The van der Waals surface area contributed by atoms with Crippen molar-refractivity contribution >= 4 is 33.3 Å². The number of benzene rings is 9. The predicted molar refractivity (Wildman–Crippen MR) is 238 cm³/mol. The molecular formula is C54H33N3S. The number of hydrogen-bond donors (Lipinski definition) is 0. The molecular weight excluding hydrogens is 723 g/mol. The van der Waals surface area contributed by atoms with E-state index in [4.69, 9.17) is 15.0 Å². The van der Waals surface area contributed by atoms with Gasteiger partial charge in [-0.15, -0.1) is 0 Å². The van der Waals surface area contributed by atoms with E-state index in [0.29, 0.717) is 17.5 Å². The topological polar surface area (TPSA) is 38.7 Å². The number of hydrogen-bond acceptors (Lipinski definition) is 4. The summed E-state index contributed by atoms with van der Waals surface area (Å²) in [6, 6.07) is 72.1. The molecule has 1 spiro atoms. The lowest BCUT2D eigenvalue weighted by molar-refractivity contribution is 0.723. The molecule has 1 aliphatic heterocycles. The Balaban J connectivity index is 1.08. The number of nitrogens with zero attached hydrogens (tertiary/aromatic N) is 3. The van der Waals surface area contributed by atoms with Gasteiger partial charge in [0.1, 0.15) is 0 Å². The van der Waals surface area contributed by atoms with Crippen LogP contribution in [0.3, 0.4) is 0 Å². The molecule has 0 amide bonds. The third-order valence-electron chi connectivity index (χ3n) is 12.0. The first-order valence-electron chi connectivity index (χ1n) is 19.7. The van der Waals surface area contributed by atoms with E-state index in [1.54, 1.807) is 0 Å². The van der Waals surface area contributed by atoms with Crippen molar-refractivity contribution in [1.29, 1.82) is 0 Å². The van der Waals surface area contributed by atoms with Crippen LogP contribution in [-0.4, -0.2) is 15.0 Å². The summed E-state index contributed by atoms with van der Waals surface area (Å²) in [6.45, 7) is 0. The minimum atomic E-state index is -0.461. The Morgan fingerprint density at radius 3 is 1.67 bits per heavy atom. The normalized spacial score (nSPS) is 13.2. The van der Waals surface area contributed by atoms with Crippen LogP contribution in [-0.2, 0) is 5.41 Å². The highest BCUT2D eigenvalue weighted by molar-refractivity contribution is 7.99. The summed E-state index contributed by atoms with van der Waals surface area (Å²) >= 11 is 1.87. The lowest BCUT2D eigenvalue weighted by Gasteiger charge is -2.40. The van der Waals surface area contributed by atoms with Gasteiger partial charge in [0.15, 0.2) is 17.5 Å². The third-order valence-corrected chi connectivity index (χ3v) is 13.2. The van der Waals surface area contributed by atoms with Crippen molar-refractivity contribution < 1.29 is 0 Å². The van der Waals surface area contributed by atoms with Crippen molar-refractivity contribution in [3.8, 4) is 56.4 Å². The van der Waals surface area contributed by atoms with Crippen LogP contribution >= 0.6 is 11.8 Å². The van der Waals surface area contributed by atoms with E-state index in [-0.39, 0.29) is 0 Å². The van der Waals surface area contributed by atoms with Crippen LogP contribution in [0, 0.1) is 0 Å². The molecule has 12 rings (SSSR count). The molecule has 0 radical (unpaired) electrons. The van der Waals surface area contributed by atoms with Gasteiger partial charge in [-0.1, -0.05) is 200 Å². The molecule has 2 aliphatic rings. The maximum atomic E-state index is 5.30. The van der Waals surface area contributed by atoms with Gasteiger partial charge < -0.3 is 0 Å². The van der Waals surface area contributed by atoms with E-state index < -0.39 is 5.41 Å². The fraction of sp³-hybridized carbons (Fsp3) is 0.0185. The molecule has 270 valence electrons. The molecule has 3 nitrogen and oxygen atoms in total. The zero-order valence-corrected chi connectivity index (χ0v) is 32.1. The van der Waals surface area contributed by atoms with Gasteiger partial charge in [0, 0.05) is 26.5 Å². The highest BCUT2D eigenvalue weighted by Gasteiger charge is 2.50. The second-order valence-corrected chi connectivity index (χ2v) is 16.1. The van der Waals surface area contributed by atoms with Crippen LogP contribution in [0.4, 0.5) is 0 Å². The molecule has 0 saturated heterocycles. The highest BCUT2D eigenvalue weighted by Crippen LogP contribution is 2.63. The van der Waals surface area contributed by atoms with Crippen LogP contribution in [0.15, 0.2) is 210 Å². The fourth-order valence-corrected chi connectivity index (χ4v) is 10.8. The predicted octanol–water partition coefficient (Wildman–Crippen LogP) is 13.7. The van der Waals surface area contributed by atoms with Gasteiger partial charge in [-0.3, -0.25) is 0 Å². The zero-order valence-electron chi connectivity index (χ0n) is 31.3. The Kier molecular flexibility index (Phi) is 7.38. The van der Waals surface area contributed by atoms with Crippen LogP contribution in [0.2, 0.25) is 0 Å². The lowest BCUT2D eigenvalue weighted by atomic mass is 9.67. The number of rotatable bonds is 4. The Labute approximate surface area is 340 Å². The summed E-state index contributed by atoms with van der Waals surface area (Å²) in [5, 5.41) is 4.82. The first kappa shape index (κ1) is 33.0. The Morgan fingerprint density at radius 2 is 0.879 bits per heavy atom. The minimum absolute atomic E-state index is 0.461. The molecule has 9 aromatic carbocycles. The Hall–Kier alpha value is -7.14. The molecule has 1 aromatic heterocycles. The largest absolute Gasteiger partial charge is 0.208 e. The van der Waals surface area contributed by atoms with Gasteiger partial charge >= 0.3 is 0 Å². The maximum absolute atomic E-state index is 5.30. The van der Waals surface area contributed by atoms with Crippen molar-refractivity contribution in [2.45, 2.75) is 15.2 Å². The van der Waals surface area contributed by atoms with Crippen LogP contribution in [0.5, 0.6) is 0 Å². The average molecular weight is 756 g/mol. The van der Waals surface area contributed by atoms with Gasteiger partial charge in [0.05, 0.1) is 5.41 Å². The standard InChI is InChI=1S/C54H33N3S/c1-2-16-35(17-3-1)51-55-52(37-31-32-39-36(33-37)30-29-34-15-4-5-18-38(34)39)57-53(56-51)44-22-7-6-19-40(44)43-23-14-27-48-50(43)58-49-28-13-12-26-47(49)54(48)45-24-10-8-20-41(45)42-21-9-11-25-46(42)54/h1-33H. The monoisotopic (exact) mass is 755 g/mol. The summed E-state index contributed by atoms with van der Waals surface area (Å²) in [4.78, 5) is 18.2. The van der Waals surface area contributed by atoms with E-state index in [9.17, 15) is 0 Å². The van der Waals surface area contributed by atoms with Crippen LogP contribution in [0.25, 0.3) is 78.0 Å². The van der Waals surface area contributed by atoms with Crippen molar-refractivity contribution in [2.24, 2.45) is 0 Å². The molecule has 2 heterocycles. The van der Waals surface area contributed by atoms with Gasteiger partial charge in [-0.25, -0.2) is 15.0 Å². The zero-order chi connectivity index (χ0) is 38.2. The summed E-state index contributed by atoms with van der Waals surface area (Å²) in [5.74, 6) is 1.93. The first-order valence-corrected chi connectivity index (χ1v) is 20.5. The summed E-state index contributed by atoms with van der Waals surface area (Å²) in [7, 11) is 0. The molecule has 0 unspecified atom stereocenters. The highest BCUT2D eigenvalue weighted by atomic mass is 32.2. The van der Waals surface area contributed by atoms with Crippen molar-refractivity contribution in [1.82, 2.24) is 15.0 Å². The molecule has 0 fully saturated rings. The van der Waals surface area contributed by atoms with Gasteiger partial charge in [-0.2, -0.15) is 0 Å². The number of fused-ring (bicyclic) bond motifs is 12.